The van der Waals surface area contributed by atoms with Crippen molar-refractivity contribution < 1.29 is 23.9 Å². The van der Waals surface area contributed by atoms with E-state index in [9.17, 15) is 14.9 Å². The van der Waals surface area contributed by atoms with Crippen LogP contribution in [-0.2, 0) is 11.2 Å². The van der Waals surface area contributed by atoms with Gasteiger partial charge in [-0.1, -0.05) is 18.2 Å². The molecule has 0 radical (unpaired) electrons. The summed E-state index contributed by atoms with van der Waals surface area (Å²) in [6.45, 7) is 0. The predicted molar refractivity (Wildman–Crippen MR) is 98.6 cm³/mol. The van der Waals surface area contributed by atoms with Gasteiger partial charge in [0, 0.05) is 23.8 Å². The molecule has 142 valence electrons. The summed E-state index contributed by atoms with van der Waals surface area (Å²) in [5, 5.41) is 14.9. The van der Waals surface area contributed by atoms with Crippen molar-refractivity contribution in [3.8, 4) is 17.2 Å². The minimum atomic E-state index is -0.529. The van der Waals surface area contributed by atoms with Gasteiger partial charge in [-0.05, 0) is 0 Å². The molecule has 0 aromatic heterocycles. The van der Waals surface area contributed by atoms with Crippen LogP contribution in [0.2, 0.25) is 0 Å². The monoisotopic (exact) mass is 373 g/mol. The Morgan fingerprint density at radius 2 is 1.78 bits per heavy atom. The van der Waals surface area contributed by atoms with Gasteiger partial charge in [0.15, 0.2) is 0 Å². The van der Waals surface area contributed by atoms with E-state index in [1.165, 1.54) is 39.7 Å². The molecule has 0 spiro atoms. The highest BCUT2D eigenvalue weighted by atomic mass is 16.6. The minimum absolute atomic E-state index is 0.116. The number of nitro groups is 1. The van der Waals surface area contributed by atoms with Gasteiger partial charge in [-0.3, -0.25) is 14.9 Å². The zero-order valence-corrected chi connectivity index (χ0v) is 15.1. The van der Waals surface area contributed by atoms with Crippen molar-refractivity contribution in [2.75, 3.05) is 21.3 Å². The van der Waals surface area contributed by atoms with E-state index in [1.54, 1.807) is 24.3 Å². The van der Waals surface area contributed by atoms with Gasteiger partial charge in [0.2, 0.25) is 5.91 Å². The molecule has 0 aliphatic rings. The summed E-state index contributed by atoms with van der Waals surface area (Å²) in [4.78, 5) is 22.5. The van der Waals surface area contributed by atoms with Gasteiger partial charge in [0.1, 0.15) is 17.2 Å². The molecule has 2 aromatic rings. The number of nitro benzene ring substituents is 1. The van der Waals surface area contributed by atoms with Gasteiger partial charge in [0.05, 0.1) is 44.5 Å². The summed E-state index contributed by atoms with van der Waals surface area (Å²) in [6, 6.07) is 9.35. The smallest absolute Gasteiger partial charge is 0.273 e. The average molecular weight is 373 g/mol. The van der Waals surface area contributed by atoms with Crippen LogP contribution in [0.25, 0.3) is 0 Å². The standard InChI is InChI=1S/C18H19N3O6/c1-25-13-9-16(26-2)14(17(10-13)27-3)11-19-20-18(22)8-12-6-4-5-7-15(12)21(23)24/h4-7,9-11H,8H2,1-3H3,(H,20,22)/b19-11+. The number of nitrogens with zero attached hydrogens (tertiary/aromatic N) is 2. The first-order valence-electron chi connectivity index (χ1n) is 7.84. The van der Waals surface area contributed by atoms with Crippen LogP contribution in [0.4, 0.5) is 5.69 Å². The number of carbonyl (C=O) groups is 1. The van der Waals surface area contributed by atoms with Crippen LogP contribution in [0.3, 0.4) is 0 Å². The van der Waals surface area contributed by atoms with E-state index in [1.807, 2.05) is 0 Å². The molecule has 0 bridgehead atoms. The molecule has 0 heterocycles. The number of rotatable bonds is 8. The van der Waals surface area contributed by atoms with E-state index in [-0.39, 0.29) is 12.1 Å². The fourth-order valence-corrected chi connectivity index (χ4v) is 2.38. The first-order chi connectivity index (χ1) is 13.0. The van der Waals surface area contributed by atoms with Crippen LogP contribution in [0.1, 0.15) is 11.1 Å². The predicted octanol–water partition coefficient (Wildman–Crippen LogP) is 2.31. The summed E-state index contributed by atoms with van der Waals surface area (Å²) in [6.07, 6.45) is 1.19. The highest BCUT2D eigenvalue weighted by molar-refractivity contribution is 5.89. The second kappa shape index (κ2) is 9.18. The van der Waals surface area contributed by atoms with Crippen molar-refractivity contribution in [3.05, 3.63) is 57.6 Å². The van der Waals surface area contributed by atoms with Gasteiger partial charge in [-0.15, -0.1) is 0 Å². The number of nitrogens with one attached hydrogen (secondary N) is 1. The Bertz CT molecular complexity index is 841. The van der Waals surface area contributed by atoms with Crippen molar-refractivity contribution >= 4 is 17.8 Å². The Labute approximate surface area is 155 Å². The lowest BCUT2D eigenvalue weighted by Gasteiger charge is -2.12. The summed E-state index contributed by atoms with van der Waals surface area (Å²) in [7, 11) is 4.49. The van der Waals surface area contributed by atoms with Gasteiger partial charge in [0.25, 0.3) is 5.69 Å². The van der Waals surface area contributed by atoms with Crippen molar-refractivity contribution in [3.63, 3.8) is 0 Å². The number of hydrazone groups is 1. The van der Waals surface area contributed by atoms with E-state index in [2.05, 4.69) is 10.5 Å². The normalized spacial score (nSPS) is 10.5. The first-order valence-corrected chi connectivity index (χ1v) is 7.84. The Kier molecular flexibility index (Phi) is 6.70. The number of ether oxygens (including phenoxy) is 3. The molecular formula is C18H19N3O6. The molecule has 0 atom stereocenters. The summed E-state index contributed by atoms with van der Waals surface area (Å²) < 4.78 is 15.7. The molecular weight excluding hydrogens is 354 g/mol. The second-order valence-electron chi connectivity index (χ2n) is 5.30. The maximum absolute atomic E-state index is 12.1. The Morgan fingerprint density at radius 1 is 1.15 bits per heavy atom. The average Bonchev–Trinajstić information content (AvgIpc) is 2.67. The van der Waals surface area contributed by atoms with Gasteiger partial charge >= 0.3 is 0 Å². The molecule has 0 unspecified atom stereocenters. The lowest BCUT2D eigenvalue weighted by Crippen LogP contribution is -2.20. The fraction of sp³-hybridized carbons (Fsp3) is 0.222. The molecule has 0 saturated heterocycles. The Hall–Kier alpha value is -3.62. The quantitative estimate of drug-likeness (QED) is 0.432. The van der Waals surface area contributed by atoms with Gasteiger partial charge < -0.3 is 14.2 Å². The molecule has 9 nitrogen and oxygen atoms in total. The fourth-order valence-electron chi connectivity index (χ4n) is 2.38. The molecule has 0 aliphatic carbocycles. The molecule has 27 heavy (non-hydrogen) atoms. The summed E-state index contributed by atoms with van der Waals surface area (Å²) in [5.74, 6) is 0.944. The number of benzene rings is 2. The van der Waals surface area contributed by atoms with E-state index in [0.717, 1.165) is 0 Å². The van der Waals surface area contributed by atoms with Crippen molar-refractivity contribution in [1.82, 2.24) is 5.43 Å². The third kappa shape index (κ3) is 4.94. The van der Waals surface area contributed by atoms with Crippen molar-refractivity contribution in [2.24, 2.45) is 5.10 Å². The molecule has 1 N–H and O–H groups in total. The van der Waals surface area contributed by atoms with Gasteiger partial charge in [-0.25, -0.2) is 5.43 Å². The highest BCUT2D eigenvalue weighted by Gasteiger charge is 2.15. The molecule has 1 amide bonds. The Morgan fingerprint density at radius 3 is 2.33 bits per heavy atom. The number of amides is 1. The van der Waals surface area contributed by atoms with E-state index in [0.29, 0.717) is 28.4 Å². The third-order valence-corrected chi connectivity index (χ3v) is 3.68. The van der Waals surface area contributed by atoms with Crippen molar-refractivity contribution in [2.45, 2.75) is 6.42 Å². The zero-order chi connectivity index (χ0) is 19.8. The van der Waals surface area contributed by atoms with Crippen molar-refractivity contribution in [1.29, 1.82) is 0 Å². The largest absolute Gasteiger partial charge is 0.496 e. The minimum Gasteiger partial charge on any atom is -0.496 e. The van der Waals surface area contributed by atoms with Crippen LogP contribution in [-0.4, -0.2) is 38.4 Å². The second-order valence-corrected chi connectivity index (χ2v) is 5.30. The lowest BCUT2D eigenvalue weighted by atomic mass is 10.1. The van der Waals surface area contributed by atoms with Crippen LogP contribution >= 0.6 is 0 Å². The van der Waals surface area contributed by atoms with Crippen LogP contribution in [0, 0.1) is 10.1 Å². The molecule has 9 heteroatoms. The Balaban J connectivity index is 2.14. The van der Waals surface area contributed by atoms with E-state index < -0.39 is 10.8 Å². The maximum Gasteiger partial charge on any atom is 0.273 e. The van der Waals surface area contributed by atoms with E-state index >= 15 is 0 Å². The van der Waals surface area contributed by atoms with Crippen LogP contribution in [0.5, 0.6) is 17.2 Å². The highest BCUT2D eigenvalue weighted by Crippen LogP contribution is 2.32. The van der Waals surface area contributed by atoms with E-state index in [4.69, 9.17) is 14.2 Å². The first kappa shape index (κ1) is 19.7. The number of methoxy groups -OCH3 is 3. The molecule has 0 saturated carbocycles. The van der Waals surface area contributed by atoms with Crippen LogP contribution < -0.4 is 19.6 Å². The molecule has 0 aliphatic heterocycles. The number of hydrogen-bond acceptors (Lipinski definition) is 7. The molecule has 2 rings (SSSR count). The zero-order valence-electron chi connectivity index (χ0n) is 15.1. The summed E-state index contributed by atoms with van der Waals surface area (Å²) in [5.41, 5.74) is 3.03. The molecule has 0 fully saturated rings. The third-order valence-electron chi connectivity index (χ3n) is 3.68. The SMILES string of the molecule is COc1cc(OC)c(/C=N/NC(=O)Cc2ccccc2[N+](=O)[O-])c(OC)c1. The molecule has 2 aromatic carbocycles. The number of hydrogen-bond donors (Lipinski definition) is 1. The van der Waals surface area contributed by atoms with Crippen LogP contribution in [0.15, 0.2) is 41.5 Å². The van der Waals surface area contributed by atoms with Gasteiger partial charge in [-0.2, -0.15) is 5.10 Å². The number of carbonyl (C=O) groups excluding carboxylic acids is 1. The summed E-state index contributed by atoms with van der Waals surface area (Å²) >= 11 is 0. The lowest BCUT2D eigenvalue weighted by molar-refractivity contribution is -0.385. The maximum atomic E-state index is 12.1. The number of para-hydroxylation sites is 1. The topological polar surface area (TPSA) is 112 Å².